The van der Waals surface area contributed by atoms with Gasteiger partial charge in [0.15, 0.2) is 0 Å². The van der Waals surface area contributed by atoms with E-state index in [1.807, 2.05) is 0 Å². The highest BCUT2D eigenvalue weighted by atomic mass is 15.0. The van der Waals surface area contributed by atoms with Gasteiger partial charge in [0, 0.05) is 17.9 Å². The summed E-state index contributed by atoms with van der Waals surface area (Å²) >= 11 is 0. The van der Waals surface area contributed by atoms with Crippen LogP contribution in [-0.2, 0) is 6.54 Å². The monoisotopic (exact) mass is 345 g/mol. The molecule has 0 unspecified atom stereocenters. The Morgan fingerprint density at radius 3 is 1.60 bits per heavy atom. The normalized spacial score (nSPS) is 11.6. The molecule has 0 N–H and O–H groups in total. The van der Waals surface area contributed by atoms with Crippen LogP contribution in [0.1, 0.15) is 108 Å². The molecule has 0 radical (unpaired) electrons. The second kappa shape index (κ2) is 15.3. The number of unbranched alkanes of at least 4 members (excludes halogenated alkanes) is 12. The fourth-order valence-electron chi connectivity index (χ4n) is 3.57. The van der Waals surface area contributed by atoms with E-state index < -0.39 is 0 Å². The molecule has 0 aromatic carbocycles. The highest BCUT2D eigenvalue weighted by Gasteiger charge is 2.00. The van der Waals surface area contributed by atoms with E-state index in [0.717, 1.165) is 0 Å². The highest BCUT2D eigenvalue weighted by molar-refractivity contribution is 5.13. The van der Waals surface area contributed by atoms with Gasteiger partial charge in [-0.2, -0.15) is 0 Å². The zero-order chi connectivity index (χ0) is 18.2. The number of aryl methyl sites for hydroxylation is 2. The van der Waals surface area contributed by atoms with Crippen LogP contribution in [-0.4, -0.2) is 4.57 Å². The summed E-state index contributed by atoms with van der Waals surface area (Å²) in [5, 5.41) is 0. The van der Waals surface area contributed by atoms with Crippen LogP contribution in [0.2, 0.25) is 0 Å². The summed E-state index contributed by atoms with van der Waals surface area (Å²) in [6.45, 7) is 7.92. The SMILES string of the molecule is CCCCCCCC/C=C\CCCCCCCCn1c(C)ccc1C. The molecule has 0 bridgehead atoms. The van der Waals surface area contributed by atoms with Crippen molar-refractivity contribution < 1.29 is 0 Å². The average Bonchev–Trinajstić information content (AvgIpc) is 2.93. The molecule has 1 rings (SSSR count). The van der Waals surface area contributed by atoms with Gasteiger partial charge in [-0.1, -0.05) is 76.9 Å². The molecule has 0 aliphatic carbocycles. The van der Waals surface area contributed by atoms with Crippen LogP contribution in [0, 0.1) is 13.8 Å². The third-order valence-corrected chi connectivity index (χ3v) is 5.31. The van der Waals surface area contributed by atoms with E-state index in [4.69, 9.17) is 0 Å². The van der Waals surface area contributed by atoms with E-state index in [1.54, 1.807) is 0 Å². The summed E-state index contributed by atoms with van der Waals surface area (Å²) in [4.78, 5) is 0. The minimum atomic E-state index is 1.20. The predicted molar refractivity (Wildman–Crippen MR) is 113 cm³/mol. The lowest BCUT2D eigenvalue weighted by Gasteiger charge is -2.08. The Kier molecular flexibility index (Phi) is 13.5. The molecule has 1 nitrogen and oxygen atoms in total. The first-order valence-corrected chi connectivity index (χ1v) is 11.0. The zero-order valence-corrected chi connectivity index (χ0v) is 17.4. The quantitative estimate of drug-likeness (QED) is 0.210. The van der Waals surface area contributed by atoms with Crippen LogP contribution >= 0.6 is 0 Å². The number of rotatable bonds is 16. The van der Waals surface area contributed by atoms with E-state index >= 15 is 0 Å². The maximum absolute atomic E-state index is 2.45. The molecule has 144 valence electrons. The Morgan fingerprint density at radius 2 is 1.08 bits per heavy atom. The minimum absolute atomic E-state index is 1.20. The summed E-state index contributed by atoms with van der Waals surface area (Å²) in [7, 11) is 0. The van der Waals surface area contributed by atoms with Crippen LogP contribution in [0.4, 0.5) is 0 Å². The number of allylic oxidation sites excluding steroid dienone is 2. The van der Waals surface area contributed by atoms with Gasteiger partial charge >= 0.3 is 0 Å². The Hall–Kier alpha value is -0.980. The summed E-state index contributed by atoms with van der Waals surface area (Å²) in [5.41, 5.74) is 2.82. The van der Waals surface area contributed by atoms with Gasteiger partial charge in [0.1, 0.15) is 0 Å². The van der Waals surface area contributed by atoms with Crippen molar-refractivity contribution in [3.8, 4) is 0 Å². The molecule has 0 aliphatic rings. The molecule has 25 heavy (non-hydrogen) atoms. The Balaban J connectivity index is 1.82. The van der Waals surface area contributed by atoms with Crippen molar-refractivity contribution in [3.05, 3.63) is 35.7 Å². The molecule has 0 amide bonds. The predicted octanol–water partition coefficient (Wildman–Crippen LogP) is 8.14. The van der Waals surface area contributed by atoms with Gasteiger partial charge in [-0.15, -0.1) is 0 Å². The fraction of sp³-hybridized carbons (Fsp3) is 0.750. The maximum atomic E-state index is 2.45. The lowest BCUT2D eigenvalue weighted by atomic mass is 10.1. The van der Waals surface area contributed by atoms with Crippen molar-refractivity contribution in [2.45, 2.75) is 117 Å². The van der Waals surface area contributed by atoms with Crippen molar-refractivity contribution in [2.75, 3.05) is 0 Å². The minimum Gasteiger partial charge on any atom is -0.349 e. The Labute approximate surface area is 157 Å². The second-order valence-electron chi connectivity index (χ2n) is 7.71. The molecule has 0 fully saturated rings. The number of aromatic nitrogens is 1. The molecule has 0 aliphatic heterocycles. The third kappa shape index (κ3) is 11.3. The van der Waals surface area contributed by atoms with Crippen LogP contribution in [0.15, 0.2) is 24.3 Å². The molecule has 0 atom stereocenters. The van der Waals surface area contributed by atoms with Crippen LogP contribution in [0.25, 0.3) is 0 Å². The van der Waals surface area contributed by atoms with E-state index in [1.165, 1.54) is 108 Å². The van der Waals surface area contributed by atoms with Crippen molar-refractivity contribution in [1.29, 1.82) is 0 Å². The fourth-order valence-corrected chi connectivity index (χ4v) is 3.57. The molecule has 0 saturated heterocycles. The first-order valence-electron chi connectivity index (χ1n) is 11.0. The van der Waals surface area contributed by atoms with Crippen molar-refractivity contribution >= 4 is 0 Å². The lowest BCUT2D eigenvalue weighted by Crippen LogP contribution is -2.01. The lowest BCUT2D eigenvalue weighted by molar-refractivity contribution is 0.544. The van der Waals surface area contributed by atoms with Gasteiger partial charge in [0.25, 0.3) is 0 Å². The first-order chi connectivity index (χ1) is 12.3. The van der Waals surface area contributed by atoms with Crippen LogP contribution in [0.5, 0.6) is 0 Å². The van der Waals surface area contributed by atoms with Gasteiger partial charge < -0.3 is 4.57 Å². The first kappa shape index (κ1) is 22.1. The molecule has 1 heterocycles. The van der Waals surface area contributed by atoms with E-state index in [-0.39, 0.29) is 0 Å². The zero-order valence-electron chi connectivity index (χ0n) is 17.4. The van der Waals surface area contributed by atoms with Crippen molar-refractivity contribution in [1.82, 2.24) is 4.57 Å². The standard InChI is InChI=1S/C24H43N/c1-4-5-6-7-8-9-10-11-12-13-14-15-16-17-18-19-22-25-23(2)20-21-24(25)3/h11-12,20-21H,4-10,13-19,22H2,1-3H3/b12-11-. The topological polar surface area (TPSA) is 4.93 Å². The molecule has 1 aromatic rings. The number of nitrogens with zero attached hydrogens (tertiary/aromatic N) is 1. The van der Waals surface area contributed by atoms with Crippen LogP contribution < -0.4 is 0 Å². The highest BCUT2D eigenvalue weighted by Crippen LogP contribution is 2.12. The molecular weight excluding hydrogens is 302 g/mol. The summed E-state index contributed by atoms with van der Waals surface area (Å²) in [6.07, 6.45) is 24.2. The largest absolute Gasteiger partial charge is 0.349 e. The number of hydrogen-bond donors (Lipinski definition) is 0. The summed E-state index contributed by atoms with van der Waals surface area (Å²) in [5.74, 6) is 0. The smallest absolute Gasteiger partial charge is 0.0224 e. The Bertz CT molecular complexity index is 421. The molecule has 1 heteroatoms. The number of hydrogen-bond acceptors (Lipinski definition) is 0. The summed E-state index contributed by atoms with van der Waals surface area (Å²) in [6, 6.07) is 4.46. The molecule has 0 spiro atoms. The summed E-state index contributed by atoms with van der Waals surface area (Å²) < 4.78 is 2.45. The van der Waals surface area contributed by atoms with E-state index in [0.29, 0.717) is 0 Å². The van der Waals surface area contributed by atoms with E-state index in [2.05, 4.69) is 49.6 Å². The van der Waals surface area contributed by atoms with E-state index in [9.17, 15) is 0 Å². The maximum Gasteiger partial charge on any atom is 0.0224 e. The van der Waals surface area contributed by atoms with Gasteiger partial charge in [-0.3, -0.25) is 0 Å². The Morgan fingerprint density at radius 1 is 0.640 bits per heavy atom. The van der Waals surface area contributed by atoms with Crippen molar-refractivity contribution in [2.24, 2.45) is 0 Å². The molecule has 0 saturated carbocycles. The second-order valence-corrected chi connectivity index (χ2v) is 7.71. The van der Waals surface area contributed by atoms with Crippen LogP contribution in [0.3, 0.4) is 0 Å². The molecular formula is C24H43N. The average molecular weight is 346 g/mol. The van der Waals surface area contributed by atoms with Gasteiger partial charge in [-0.25, -0.2) is 0 Å². The van der Waals surface area contributed by atoms with Gasteiger partial charge in [0.2, 0.25) is 0 Å². The van der Waals surface area contributed by atoms with Gasteiger partial charge in [0.05, 0.1) is 0 Å². The molecule has 1 aromatic heterocycles. The van der Waals surface area contributed by atoms with Crippen molar-refractivity contribution in [3.63, 3.8) is 0 Å². The third-order valence-electron chi connectivity index (χ3n) is 5.31. The van der Waals surface area contributed by atoms with Gasteiger partial charge in [-0.05, 0) is 58.1 Å².